The van der Waals surface area contributed by atoms with Gasteiger partial charge in [-0.1, -0.05) is 30.3 Å². The number of ether oxygens (including phenoxy) is 1. The third kappa shape index (κ3) is 3.73. The molecule has 2 N–H and O–H groups in total. The van der Waals surface area contributed by atoms with E-state index in [0.717, 1.165) is 18.4 Å². The number of alkyl carbamates (subject to hydrolysis) is 1. The molecular weight excluding hydrogens is 254 g/mol. The van der Waals surface area contributed by atoms with E-state index in [1.165, 1.54) is 0 Å². The lowest BCUT2D eigenvalue weighted by Gasteiger charge is -2.25. The largest absolute Gasteiger partial charge is 0.444 e. The summed E-state index contributed by atoms with van der Waals surface area (Å²) >= 11 is 0. The van der Waals surface area contributed by atoms with E-state index in [0.29, 0.717) is 6.54 Å². The molecule has 4 heteroatoms. The number of carbonyl (C=O) groups is 1. The first-order chi connectivity index (χ1) is 9.32. The van der Waals surface area contributed by atoms with Gasteiger partial charge < -0.3 is 15.2 Å². The molecule has 0 bridgehead atoms. The molecule has 1 aliphatic rings. The standard InChI is InChI=1S/C16H23NO3/c1-15(2,3)20-14(19)17-11-16(9-10-16)13(18)12-7-5-4-6-8-12/h4-8,13,18H,9-11H2,1-3H3,(H,17,19). The summed E-state index contributed by atoms with van der Waals surface area (Å²) in [5.41, 5.74) is 0.160. The highest BCUT2D eigenvalue weighted by atomic mass is 16.6. The van der Waals surface area contributed by atoms with E-state index in [-0.39, 0.29) is 5.41 Å². The van der Waals surface area contributed by atoms with E-state index in [2.05, 4.69) is 5.32 Å². The SMILES string of the molecule is CC(C)(C)OC(=O)NCC1(C(O)c2ccccc2)CC1. The molecule has 0 aromatic heterocycles. The molecule has 1 atom stereocenters. The van der Waals surface area contributed by atoms with Crippen molar-refractivity contribution in [2.45, 2.75) is 45.3 Å². The minimum absolute atomic E-state index is 0.238. The topological polar surface area (TPSA) is 58.6 Å². The maximum atomic E-state index is 11.7. The van der Waals surface area contributed by atoms with Gasteiger partial charge in [-0.05, 0) is 39.2 Å². The fourth-order valence-electron chi connectivity index (χ4n) is 2.26. The van der Waals surface area contributed by atoms with Crippen LogP contribution >= 0.6 is 0 Å². The molecule has 2 rings (SSSR count). The van der Waals surface area contributed by atoms with Crippen molar-refractivity contribution in [1.82, 2.24) is 5.32 Å². The van der Waals surface area contributed by atoms with Crippen molar-refractivity contribution in [3.05, 3.63) is 35.9 Å². The highest BCUT2D eigenvalue weighted by molar-refractivity contribution is 5.67. The van der Waals surface area contributed by atoms with E-state index < -0.39 is 17.8 Å². The average Bonchev–Trinajstić information content (AvgIpc) is 3.16. The molecular formula is C16H23NO3. The van der Waals surface area contributed by atoms with Gasteiger partial charge in [0.05, 0.1) is 6.10 Å². The van der Waals surface area contributed by atoms with Crippen LogP contribution in [-0.4, -0.2) is 23.3 Å². The number of hydrogen-bond acceptors (Lipinski definition) is 3. The van der Waals surface area contributed by atoms with Gasteiger partial charge in [0.15, 0.2) is 0 Å². The zero-order valence-electron chi connectivity index (χ0n) is 12.3. The van der Waals surface area contributed by atoms with Crippen LogP contribution in [0.1, 0.15) is 45.3 Å². The Morgan fingerprint density at radius 3 is 2.45 bits per heavy atom. The van der Waals surface area contributed by atoms with Gasteiger partial charge in [-0.2, -0.15) is 0 Å². The Labute approximate surface area is 120 Å². The minimum atomic E-state index is -0.543. The Bertz CT molecular complexity index is 460. The molecule has 1 aromatic rings. The summed E-state index contributed by atoms with van der Waals surface area (Å²) in [6.45, 7) is 5.94. The Balaban J connectivity index is 1.91. The fraction of sp³-hybridized carbons (Fsp3) is 0.562. The Hall–Kier alpha value is -1.55. The third-order valence-electron chi connectivity index (χ3n) is 3.57. The molecule has 0 radical (unpaired) electrons. The highest BCUT2D eigenvalue weighted by Gasteiger charge is 2.49. The average molecular weight is 277 g/mol. The van der Waals surface area contributed by atoms with Gasteiger partial charge >= 0.3 is 6.09 Å². The summed E-state index contributed by atoms with van der Waals surface area (Å²) in [4.78, 5) is 11.7. The lowest BCUT2D eigenvalue weighted by Crippen LogP contribution is -2.37. The Morgan fingerprint density at radius 1 is 1.35 bits per heavy atom. The van der Waals surface area contributed by atoms with Crippen molar-refractivity contribution in [2.24, 2.45) is 5.41 Å². The van der Waals surface area contributed by atoms with E-state index in [4.69, 9.17) is 4.74 Å². The Kier molecular flexibility index (Phi) is 4.04. The van der Waals surface area contributed by atoms with E-state index in [1.54, 1.807) is 0 Å². The van der Waals surface area contributed by atoms with Gasteiger partial charge in [-0.15, -0.1) is 0 Å². The van der Waals surface area contributed by atoms with Crippen molar-refractivity contribution < 1.29 is 14.6 Å². The number of nitrogens with one attached hydrogen (secondary N) is 1. The lowest BCUT2D eigenvalue weighted by molar-refractivity contribution is 0.0462. The van der Waals surface area contributed by atoms with Crippen LogP contribution in [0.2, 0.25) is 0 Å². The summed E-state index contributed by atoms with van der Waals surface area (Å²) in [6, 6.07) is 9.58. The van der Waals surface area contributed by atoms with Gasteiger partial charge in [-0.3, -0.25) is 0 Å². The predicted molar refractivity (Wildman–Crippen MR) is 77.3 cm³/mol. The number of rotatable bonds is 4. The molecule has 0 spiro atoms. The summed E-state index contributed by atoms with van der Waals surface area (Å²) in [5, 5.41) is 13.2. The van der Waals surface area contributed by atoms with Crippen molar-refractivity contribution in [3.8, 4) is 0 Å². The molecule has 1 saturated carbocycles. The zero-order chi connectivity index (χ0) is 14.8. The van der Waals surface area contributed by atoms with Crippen LogP contribution in [-0.2, 0) is 4.74 Å². The first-order valence-electron chi connectivity index (χ1n) is 7.02. The molecule has 20 heavy (non-hydrogen) atoms. The first-order valence-corrected chi connectivity index (χ1v) is 7.02. The minimum Gasteiger partial charge on any atom is -0.444 e. The van der Waals surface area contributed by atoms with Crippen molar-refractivity contribution >= 4 is 6.09 Å². The van der Waals surface area contributed by atoms with Crippen molar-refractivity contribution in [1.29, 1.82) is 0 Å². The second-order valence-corrected chi connectivity index (χ2v) is 6.53. The number of benzene rings is 1. The first kappa shape index (κ1) is 14.9. The maximum absolute atomic E-state index is 11.7. The third-order valence-corrected chi connectivity index (χ3v) is 3.57. The number of carbonyl (C=O) groups excluding carboxylic acids is 1. The van der Waals surface area contributed by atoms with Crippen LogP contribution in [0.5, 0.6) is 0 Å². The predicted octanol–water partition coefficient (Wildman–Crippen LogP) is 3.02. The highest BCUT2D eigenvalue weighted by Crippen LogP contribution is 2.54. The van der Waals surface area contributed by atoms with Crippen LogP contribution in [0.15, 0.2) is 30.3 Å². The second-order valence-electron chi connectivity index (χ2n) is 6.53. The number of aliphatic hydroxyl groups is 1. The zero-order valence-corrected chi connectivity index (χ0v) is 12.3. The molecule has 4 nitrogen and oxygen atoms in total. The molecule has 1 aliphatic carbocycles. The summed E-state index contributed by atoms with van der Waals surface area (Å²) in [5.74, 6) is 0. The fourth-order valence-corrected chi connectivity index (χ4v) is 2.26. The summed E-state index contributed by atoms with van der Waals surface area (Å²) in [7, 11) is 0. The van der Waals surface area contributed by atoms with E-state index in [1.807, 2.05) is 51.1 Å². The monoisotopic (exact) mass is 277 g/mol. The van der Waals surface area contributed by atoms with Gasteiger partial charge in [0.1, 0.15) is 5.60 Å². The van der Waals surface area contributed by atoms with Crippen molar-refractivity contribution in [2.75, 3.05) is 6.54 Å². The number of aliphatic hydroxyl groups excluding tert-OH is 1. The van der Waals surface area contributed by atoms with Gasteiger partial charge in [0.2, 0.25) is 0 Å². The van der Waals surface area contributed by atoms with Gasteiger partial charge in [-0.25, -0.2) is 4.79 Å². The van der Waals surface area contributed by atoms with E-state index in [9.17, 15) is 9.90 Å². The molecule has 1 unspecified atom stereocenters. The van der Waals surface area contributed by atoms with Gasteiger partial charge in [0, 0.05) is 12.0 Å². The normalized spacial score (nSPS) is 18.2. The lowest BCUT2D eigenvalue weighted by atomic mass is 9.93. The Morgan fingerprint density at radius 2 is 1.95 bits per heavy atom. The van der Waals surface area contributed by atoms with Crippen LogP contribution in [0.25, 0.3) is 0 Å². The smallest absolute Gasteiger partial charge is 0.407 e. The van der Waals surface area contributed by atoms with Crippen LogP contribution in [0.4, 0.5) is 4.79 Å². The van der Waals surface area contributed by atoms with E-state index >= 15 is 0 Å². The molecule has 0 saturated heterocycles. The molecule has 1 amide bonds. The van der Waals surface area contributed by atoms with Crippen LogP contribution in [0, 0.1) is 5.41 Å². The number of amides is 1. The molecule has 0 aliphatic heterocycles. The summed E-state index contributed by atoms with van der Waals surface area (Å²) in [6.07, 6.45) is 0.861. The second kappa shape index (κ2) is 5.44. The van der Waals surface area contributed by atoms with Crippen LogP contribution < -0.4 is 5.32 Å². The van der Waals surface area contributed by atoms with Crippen molar-refractivity contribution in [3.63, 3.8) is 0 Å². The molecule has 0 heterocycles. The van der Waals surface area contributed by atoms with Gasteiger partial charge in [0.25, 0.3) is 0 Å². The maximum Gasteiger partial charge on any atom is 0.407 e. The molecule has 110 valence electrons. The summed E-state index contributed by atoms with van der Waals surface area (Å²) < 4.78 is 5.21. The quantitative estimate of drug-likeness (QED) is 0.889. The molecule has 1 fully saturated rings. The number of hydrogen-bond donors (Lipinski definition) is 2. The van der Waals surface area contributed by atoms with Crippen LogP contribution in [0.3, 0.4) is 0 Å². The molecule has 1 aromatic carbocycles.